The van der Waals surface area contributed by atoms with Gasteiger partial charge >= 0.3 is 23.2 Å². The number of rotatable bonds is 7. The van der Waals surface area contributed by atoms with E-state index in [4.69, 9.17) is 20.3 Å². The maximum Gasteiger partial charge on any atom is 0.481 e. The van der Waals surface area contributed by atoms with E-state index in [2.05, 4.69) is 23.8 Å². The first-order valence-corrected chi connectivity index (χ1v) is 12.5. The third-order valence-electron chi connectivity index (χ3n) is 4.15. The maximum atomic E-state index is 12.4. The summed E-state index contributed by atoms with van der Waals surface area (Å²) in [4.78, 5) is 57.7. The van der Waals surface area contributed by atoms with Crippen LogP contribution < -0.4 is 5.73 Å². The Bertz CT molecular complexity index is 1130. The van der Waals surface area contributed by atoms with Gasteiger partial charge in [0.15, 0.2) is 11.5 Å². The lowest BCUT2D eigenvalue weighted by Gasteiger charge is -2.33. The molecule has 0 aliphatic carbocycles. The number of aliphatic hydroxyl groups is 2. The van der Waals surface area contributed by atoms with Crippen LogP contribution in [0.4, 0.5) is 5.82 Å². The molecule has 3 heterocycles. The number of anilines is 1. The van der Waals surface area contributed by atoms with E-state index < -0.39 is 53.6 Å². The second-order valence-corrected chi connectivity index (χ2v) is 10.7. The van der Waals surface area contributed by atoms with Gasteiger partial charge in [0, 0.05) is 0 Å². The van der Waals surface area contributed by atoms with Crippen molar-refractivity contribution in [3.05, 3.63) is 12.7 Å². The minimum atomic E-state index is -5.53. The molecular formula is C10H16N5O13P3. The summed E-state index contributed by atoms with van der Waals surface area (Å²) in [7, 11) is -16.4. The lowest BCUT2D eigenvalue weighted by molar-refractivity contribution is -0.0977. The number of phosphoric acid groups is 2. The fourth-order valence-corrected chi connectivity index (χ4v) is 5.71. The number of aromatic nitrogens is 4. The van der Waals surface area contributed by atoms with Crippen LogP contribution in [0.5, 0.6) is 0 Å². The Morgan fingerprint density at radius 2 is 1.77 bits per heavy atom. The van der Waals surface area contributed by atoms with Crippen molar-refractivity contribution in [3.63, 3.8) is 0 Å². The van der Waals surface area contributed by atoms with Crippen molar-refractivity contribution in [2.75, 3.05) is 12.3 Å². The number of ether oxygens (including phenoxy) is 1. The van der Waals surface area contributed by atoms with Crippen molar-refractivity contribution in [2.45, 2.75) is 23.8 Å². The van der Waals surface area contributed by atoms with Crippen LogP contribution in [0.3, 0.4) is 0 Å². The van der Waals surface area contributed by atoms with E-state index in [1.807, 2.05) is 0 Å². The van der Waals surface area contributed by atoms with Gasteiger partial charge in [0.25, 0.3) is 5.47 Å². The zero-order valence-corrected chi connectivity index (χ0v) is 17.6. The summed E-state index contributed by atoms with van der Waals surface area (Å²) in [5.74, 6) is -0.173. The molecule has 174 valence electrons. The van der Waals surface area contributed by atoms with Crippen LogP contribution in [0.15, 0.2) is 12.7 Å². The Hall–Kier alpha value is -1.36. The van der Waals surface area contributed by atoms with E-state index in [0.29, 0.717) is 4.57 Å². The molecule has 21 heteroatoms. The molecule has 2 aromatic rings. The summed E-state index contributed by atoms with van der Waals surface area (Å²) < 4.78 is 48.4. The number of nitrogens with zero attached hydrogens (tertiary/aromatic N) is 4. The highest BCUT2D eigenvalue weighted by Gasteiger charge is 2.66. The maximum absolute atomic E-state index is 12.4. The highest BCUT2D eigenvalue weighted by Crippen LogP contribution is 2.62. The molecule has 5 atom stereocenters. The topological polar surface area (TPSA) is 290 Å². The fraction of sp³-hybridized carbons (Fsp3) is 0.500. The van der Waals surface area contributed by atoms with Crippen molar-refractivity contribution in [3.8, 4) is 0 Å². The minimum Gasteiger partial charge on any atom is -0.387 e. The van der Waals surface area contributed by atoms with Crippen molar-refractivity contribution in [1.82, 2.24) is 19.5 Å². The summed E-state index contributed by atoms with van der Waals surface area (Å²) in [6.07, 6.45) is -4.64. The predicted octanol–water partition coefficient (Wildman–Crippen LogP) is -2.46. The Morgan fingerprint density at radius 3 is 2.35 bits per heavy atom. The number of hydrogen-bond donors (Lipinski definition) is 8. The van der Waals surface area contributed by atoms with Gasteiger partial charge in [-0.25, -0.2) is 24.1 Å². The molecule has 1 fully saturated rings. The summed E-state index contributed by atoms with van der Waals surface area (Å²) in [6, 6.07) is 0. The molecular weight excluding hydrogens is 491 g/mol. The third kappa shape index (κ3) is 4.44. The summed E-state index contributed by atoms with van der Waals surface area (Å²) in [5, 5.41) is 20.8. The number of phosphoric ester groups is 1. The average Bonchev–Trinajstić information content (AvgIpc) is 3.13. The zero-order chi connectivity index (χ0) is 23.4. The Labute approximate surface area is 171 Å². The highest BCUT2D eigenvalue weighted by atomic mass is 31.3. The number of fused-ring (bicyclic) bond motifs is 1. The van der Waals surface area contributed by atoms with Gasteiger partial charge in [-0.05, 0) is 0 Å². The number of nitrogen functional groups attached to an aromatic ring is 1. The molecule has 18 nitrogen and oxygen atoms in total. The normalized spacial score (nSPS) is 29.3. The molecule has 1 aliphatic heterocycles. The summed E-state index contributed by atoms with van der Waals surface area (Å²) >= 11 is 0. The largest absolute Gasteiger partial charge is 0.481 e. The van der Waals surface area contributed by atoms with Crippen molar-refractivity contribution >= 4 is 40.2 Å². The van der Waals surface area contributed by atoms with Gasteiger partial charge in [0.2, 0.25) is 0 Å². The van der Waals surface area contributed by atoms with Crippen LogP contribution >= 0.6 is 23.2 Å². The first-order valence-electron chi connectivity index (χ1n) is 7.87. The van der Waals surface area contributed by atoms with Crippen LogP contribution in [0, 0.1) is 0 Å². The first-order chi connectivity index (χ1) is 14.1. The molecule has 0 spiro atoms. The molecule has 3 rings (SSSR count). The van der Waals surface area contributed by atoms with Gasteiger partial charge in [-0.3, -0.25) is 13.7 Å². The minimum absolute atomic E-state index is 0.116. The number of imidazole rings is 1. The van der Waals surface area contributed by atoms with Crippen LogP contribution in [-0.2, 0) is 32.7 Å². The molecule has 1 saturated heterocycles. The second-order valence-electron chi connectivity index (χ2n) is 6.18. The molecule has 9 N–H and O–H groups in total. The van der Waals surface area contributed by atoms with E-state index in [-0.39, 0.29) is 17.0 Å². The monoisotopic (exact) mass is 507 g/mol. The molecule has 0 aromatic carbocycles. The molecule has 31 heavy (non-hydrogen) atoms. The van der Waals surface area contributed by atoms with Crippen LogP contribution in [-0.4, -0.2) is 79.1 Å². The number of hydrogen-bond acceptors (Lipinski definition) is 12. The molecule has 0 saturated carbocycles. The van der Waals surface area contributed by atoms with Crippen molar-refractivity contribution in [2.24, 2.45) is 0 Å². The van der Waals surface area contributed by atoms with Crippen LogP contribution in [0.2, 0.25) is 0 Å². The predicted molar refractivity (Wildman–Crippen MR) is 95.5 cm³/mol. The Morgan fingerprint density at radius 1 is 1.13 bits per heavy atom. The van der Waals surface area contributed by atoms with Crippen LogP contribution in [0.1, 0.15) is 0 Å². The van der Waals surface area contributed by atoms with E-state index in [1.54, 1.807) is 0 Å². The molecule has 1 unspecified atom stereocenters. The number of nitrogens with two attached hydrogens (primary N) is 1. The molecule has 0 radical (unpaired) electrons. The lowest BCUT2D eigenvalue weighted by Crippen LogP contribution is -2.45. The van der Waals surface area contributed by atoms with Gasteiger partial charge < -0.3 is 45.2 Å². The fourth-order valence-electron chi connectivity index (χ4n) is 2.91. The first kappa shape index (κ1) is 24.3. The summed E-state index contributed by atoms with van der Waals surface area (Å²) in [5.41, 5.74) is 2.19. The van der Waals surface area contributed by atoms with E-state index in [9.17, 15) is 38.6 Å². The second kappa shape index (κ2) is 7.90. The molecule has 1 aliphatic rings. The SMILES string of the molecule is Nc1ncnc2c1ncn2[C@]1(P(=O)(O)O)O[C@H](COP(=O)(O)OP(=O)(O)O)[C@@H](O)[C@H]1O. The standard InChI is InChI=1S/C10H16N5O13P3/c11-8-5-9(13-2-12-8)15(3-14-5)10(29(18,19)20)7(17)6(16)4(27-10)1-26-31(24,25)28-30(21,22)23/h2-4,6-7,16-17H,1H2,(H,24,25)(H2,11,12,13)(H2,18,19,20)(H2,21,22,23)/t4-,6-,7-,10+/m1/s1. The van der Waals surface area contributed by atoms with Gasteiger partial charge in [-0.2, -0.15) is 4.31 Å². The van der Waals surface area contributed by atoms with Crippen LogP contribution in [0.25, 0.3) is 11.2 Å². The number of aliphatic hydroxyl groups excluding tert-OH is 2. The quantitative estimate of drug-likeness (QED) is 0.180. The van der Waals surface area contributed by atoms with Crippen molar-refractivity contribution in [1.29, 1.82) is 0 Å². The van der Waals surface area contributed by atoms with Gasteiger partial charge in [-0.1, -0.05) is 0 Å². The molecule has 0 amide bonds. The third-order valence-corrected chi connectivity index (χ3v) is 7.72. The van der Waals surface area contributed by atoms with Gasteiger partial charge in [-0.15, -0.1) is 0 Å². The van der Waals surface area contributed by atoms with E-state index >= 15 is 0 Å². The van der Waals surface area contributed by atoms with E-state index in [1.165, 1.54) is 0 Å². The Kier molecular flexibility index (Phi) is 6.19. The molecule has 2 aromatic heterocycles. The Balaban J connectivity index is 1.99. The summed E-state index contributed by atoms with van der Waals surface area (Å²) in [6.45, 7) is -1.18. The highest BCUT2D eigenvalue weighted by molar-refractivity contribution is 7.60. The zero-order valence-electron chi connectivity index (χ0n) is 14.9. The van der Waals surface area contributed by atoms with Gasteiger partial charge in [0.05, 0.1) is 6.61 Å². The average molecular weight is 507 g/mol. The smallest absolute Gasteiger partial charge is 0.387 e. The lowest BCUT2D eigenvalue weighted by atomic mass is 10.1. The van der Waals surface area contributed by atoms with Crippen molar-refractivity contribution < 1.29 is 61.9 Å². The molecule has 0 bridgehead atoms. The van der Waals surface area contributed by atoms with E-state index in [0.717, 1.165) is 12.7 Å². The van der Waals surface area contributed by atoms with Gasteiger partial charge in [0.1, 0.15) is 36.5 Å².